The first-order valence-electron chi connectivity index (χ1n) is 4.24. The number of carbonyl (C=O) groups excluding carboxylic acids is 1. The highest BCUT2D eigenvalue weighted by Gasteiger charge is 2.45. The minimum absolute atomic E-state index is 0.594. The summed E-state index contributed by atoms with van der Waals surface area (Å²) < 4.78 is 9.15. The van der Waals surface area contributed by atoms with Gasteiger partial charge in [-0.2, -0.15) is 0 Å². The Morgan fingerprint density at radius 2 is 1.87 bits per heavy atom. The lowest BCUT2D eigenvalue weighted by Gasteiger charge is -2.38. The first-order valence-corrected chi connectivity index (χ1v) is 4.24. The molecule has 1 heterocycles. The van der Waals surface area contributed by atoms with Crippen molar-refractivity contribution < 1.29 is 34.7 Å². The molecule has 0 aromatic heterocycles. The predicted molar refractivity (Wildman–Crippen MR) is 44.4 cm³/mol. The van der Waals surface area contributed by atoms with Gasteiger partial charge in [0.2, 0.25) is 6.29 Å². The number of ether oxygens (including phenoxy) is 2. The summed E-state index contributed by atoms with van der Waals surface area (Å²) in [5.74, 6) is 0. The maximum absolute atomic E-state index is 10.4. The van der Waals surface area contributed by atoms with Crippen LogP contribution >= 0.6 is 0 Å². The summed E-state index contributed by atoms with van der Waals surface area (Å²) in [6, 6.07) is 0. The van der Waals surface area contributed by atoms with E-state index in [-0.39, 0.29) is 0 Å². The largest absolute Gasteiger partial charge is 0.417 e. The third-order valence-corrected chi connectivity index (χ3v) is 2.08. The van der Waals surface area contributed by atoms with Gasteiger partial charge in [0.05, 0.1) is 6.61 Å². The second-order valence-electron chi connectivity index (χ2n) is 3.13. The Hall–Kier alpha value is -0.930. The van der Waals surface area contributed by atoms with Crippen LogP contribution in [0.5, 0.6) is 0 Å². The molecule has 15 heavy (non-hydrogen) atoms. The highest BCUT2D eigenvalue weighted by Crippen LogP contribution is 2.21. The molecule has 0 aromatic carbocycles. The van der Waals surface area contributed by atoms with Crippen molar-refractivity contribution in [3.05, 3.63) is 0 Å². The molecule has 0 radical (unpaired) electrons. The van der Waals surface area contributed by atoms with Gasteiger partial charge < -0.3 is 35.6 Å². The molecule has 0 spiro atoms. The van der Waals surface area contributed by atoms with Gasteiger partial charge in [-0.25, -0.2) is 4.79 Å². The van der Waals surface area contributed by atoms with Crippen LogP contribution in [0.25, 0.3) is 0 Å². The van der Waals surface area contributed by atoms with E-state index < -0.39 is 43.4 Å². The van der Waals surface area contributed by atoms with E-state index in [1.807, 2.05) is 0 Å². The molecule has 88 valence electrons. The van der Waals surface area contributed by atoms with Crippen LogP contribution in [0.4, 0.5) is 4.79 Å². The van der Waals surface area contributed by atoms with Gasteiger partial charge in [-0.05, 0) is 0 Å². The third kappa shape index (κ3) is 2.55. The zero-order valence-electron chi connectivity index (χ0n) is 7.68. The van der Waals surface area contributed by atoms with Crippen LogP contribution in [0.15, 0.2) is 0 Å². The van der Waals surface area contributed by atoms with E-state index >= 15 is 0 Å². The highest BCUT2D eigenvalue weighted by molar-refractivity contribution is 5.64. The zero-order valence-corrected chi connectivity index (χ0v) is 7.68. The van der Waals surface area contributed by atoms with E-state index in [2.05, 4.69) is 4.74 Å². The topological polar surface area (TPSA) is 142 Å². The summed E-state index contributed by atoms with van der Waals surface area (Å²) in [5, 5.41) is 36.7. The average Bonchev–Trinajstić information content (AvgIpc) is 2.18. The third-order valence-electron chi connectivity index (χ3n) is 2.08. The predicted octanol–water partition coefficient (Wildman–Crippen LogP) is -3.12. The van der Waals surface area contributed by atoms with Crippen LogP contribution in [0.2, 0.25) is 0 Å². The standard InChI is InChI=1S/C7H13NO7/c8-7(13)15-6-5(12)4(11)3(10)2(1-9)14-6/h2-6,9-12H,1H2,(H2,8,13)/t2-,3-,4+,5-,6+/m1/s1. The number of aliphatic hydroxyl groups excluding tert-OH is 4. The Morgan fingerprint density at radius 1 is 1.27 bits per heavy atom. The van der Waals surface area contributed by atoms with Crippen LogP contribution in [0.3, 0.4) is 0 Å². The molecule has 0 unspecified atom stereocenters. The zero-order chi connectivity index (χ0) is 11.6. The number of nitrogens with two attached hydrogens (primary N) is 1. The van der Waals surface area contributed by atoms with Crippen molar-refractivity contribution in [1.82, 2.24) is 0 Å². The fourth-order valence-electron chi connectivity index (χ4n) is 1.28. The molecule has 1 aliphatic rings. The van der Waals surface area contributed by atoms with Gasteiger partial charge in [0.15, 0.2) is 0 Å². The number of hydrogen-bond acceptors (Lipinski definition) is 7. The maximum Gasteiger partial charge on any atom is 0.406 e. The smallest absolute Gasteiger partial charge is 0.406 e. The lowest BCUT2D eigenvalue weighted by molar-refractivity contribution is -0.284. The van der Waals surface area contributed by atoms with Gasteiger partial charge in [0, 0.05) is 0 Å². The van der Waals surface area contributed by atoms with Crippen molar-refractivity contribution in [3.63, 3.8) is 0 Å². The highest BCUT2D eigenvalue weighted by atomic mass is 16.7. The molecule has 1 fully saturated rings. The molecule has 0 aromatic rings. The second-order valence-corrected chi connectivity index (χ2v) is 3.13. The number of aliphatic hydroxyl groups is 4. The van der Waals surface area contributed by atoms with Crippen molar-refractivity contribution in [2.45, 2.75) is 30.7 Å². The van der Waals surface area contributed by atoms with Crippen LogP contribution in [-0.4, -0.2) is 63.8 Å². The van der Waals surface area contributed by atoms with E-state index in [1.165, 1.54) is 0 Å². The monoisotopic (exact) mass is 223 g/mol. The Kier molecular flexibility index (Phi) is 3.83. The lowest BCUT2D eigenvalue weighted by Crippen LogP contribution is -2.59. The van der Waals surface area contributed by atoms with E-state index in [4.69, 9.17) is 15.6 Å². The summed E-state index contributed by atoms with van der Waals surface area (Å²) in [7, 11) is 0. The van der Waals surface area contributed by atoms with Gasteiger partial charge in [0.1, 0.15) is 24.4 Å². The molecule has 1 saturated heterocycles. The maximum atomic E-state index is 10.4. The normalized spacial score (nSPS) is 41.2. The molecule has 1 amide bonds. The number of rotatable bonds is 2. The van der Waals surface area contributed by atoms with E-state index in [1.54, 1.807) is 0 Å². The molecular formula is C7H13NO7. The van der Waals surface area contributed by atoms with Gasteiger partial charge >= 0.3 is 6.09 Å². The fraction of sp³-hybridized carbons (Fsp3) is 0.857. The number of primary amides is 1. The first-order chi connectivity index (χ1) is 6.97. The summed E-state index contributed by atoms with van der Waals surface area (Å²) in [4.78, 5) is 10.4. The first kappa shape index (κ1) is 12.1. The van der Waals surface area contributed by atoms with Crippen LogP contribution in [0, 0.1) is 0 Å². The summed E-state index contributed by atoms with van der Waals surface area (Å²) in [6.07, 6.45) is -8.50. The van der Waals surface area contributed by atoms with Crippen molar-refractivity contribution in [3.8, 4) is 0 Å². The fourth-order valence-corrected chi connectivity index (χ4v) is 1.28. The molecule has 6 N–H and O–H groups in total. The molecule has 0 saturated carbocycles. The number of hydrogen-bond donors (Lipinski definition) is 5. The van der Waals surface area contributed by atoms with Gasteiger partial charge in [-0.1, -0.05) is 0 Å². The Balaban J connectivity index is 2.69. The van der Waals surface area contributed by atoms with E-state index in [9.17, 15) is 20.1 Å². The molecule has 1 aliphatic heterocycles. The minimum Gasteiger partial charge on any atom is -0.417 e. The molecule has 8 heteroatoms. The molecule has 5 atom stereocenters. The van der Waals surface area contributed by atoms with Gasteiger partial charge in [-0.3, -0.25) is 0 Å². The number of carbonyl (C=O) groups is 1. The second kappa shape index (κ2) is 4.73. The summed E-state index contributed by atoms with van der Waals surface area (Å²) in [5.41, 5.74) is 4.69. The minimum atomic E-state index is -1.62. The van der Waals surface area contributed by atoms with E-state index in [0.717, 1.165) is 0 Å². The van der Waals surface area contributed by atoms with Crippen LogP contribution in [0.1, 0.15) is 0 Å². The Labute approximate surface area is 84.8 Å². The van der Waals surface area contributed by atoms with Crippen LogP contribution < -0.4 is 5.73 Å². The van der Waals surface area contributed by atoms with Crippen LogP contribution in [-0.2, 0) is 9.47 Å². The molecule has 0 bridgehead atoms. The molecular weight excluding hydrogens is 210 g/mol. The summed E-state index contributed by atoms with van der Waals surface area (Å²) in [6.45, 7) is -0.594. The Morgan fingerprint density at radius 3 is 2.33 bits per heavy atom. The number of amides is 1. The molecule has 8 nitrogen and oxygen atoms in total. The molecule has 1 rings (SSSR count). The summed E-state index contributed by atoms with van der Waals surface area (Å²) >= 11 is 0. The quantitative estimate of drug-likeness (QED) is 0.333. The van der Waals surface area contributed by atoms with E-state index in [0.29, 0.717) is 0 Å². The van der Waals surface area contributed by atoms with Crippen molar-refractivity contribution in [2.75, 3.05) is 6.61 Å². The van der Waals surface area contributed by atoms with Gasteiger partial charge in [-0.15, -0.1) is 0 Å². The SMILES string of the molecule is NC(=O)O[C@@H]1O[C@H](CO)[C@@H](O)[C@H](O)[C@H]1O. The lowest BCUT2D eigenvalue weighted by atomic mass is 9.99. The Bertz CT molecular complexity index is 233. The van der Waals surface area contributed by atoms with Crippen molar-refractivity contribution in [2.24, 2.45) is 5.73 Å². The van der Waals surface area contributed by atoms with Crippen molar-refractivity contribution >= 4 is 6.09 Å². The average molecular weight is 223 g/mol. The van der Waals surface area contributed by atoms with Crippen molar-refractivity contribution in [1.29, 1.82) is 0 Å². The molecule has 0 aliphatic carbocycles. The van der Waals surface area contributed by atoms with Gasteiger partial charge in [0.25, 0.3) is 0 Å².